The Hall–Kier alpha value is -0.870. The van der Waals surface area contributed by atoms with Crippen LogP contribution in [-0.4, -0.2) is 86.0 Å². The van der Waals surface area contributed by atoms with Gasteiger partial charge in [0.25, 0.3) is 0 Å². The second kappa shape index (κ2) is 8.88. The number of carbonyl (C=O) groups is 1. The molecule has 150 valence electrons. The van der Waals surface area contributed by atoms with Gasteiger partial charge >= 0.3 is 6.09 Å². The number of thioether (sulfide) groups is 1. The van der Waals surface area contributed by atoms with Gasteiger partial charge in [0.05, 0.1) is 6.61 Å². The number of amidine groups is 1. The van der Waals surface area contributed by atoms with Crippen LogP contribution in [0.2, 0.25) is 0 Å². The smallest absolute Gasteiger partial charge is 0.416 e. The molecule has 1 saturated heterocycles. The van der Waals surface area contributed by atoms with E-state index in [1.165, 1.54) is 16.7 Å². The molecule has 0 bridgehead atoms. The molecule has 0 radical (unpaired) electrons. The molecule has 8 nitrogen and oxygen atoms in total. The van der Waals surface area contributed by atoms with Gasteiger partial charge in [0.1, 0.15) is 35.4 Å². The summed E-state index contributed by atoms with van der Waals surface area (Å²) in [5.74, 6) is 0. The molecule has 1 amide bonds. The minimum Gasteiger partial charge on any atom is -0.443 e. The zero-order valence-electron chi connectivity index (χ0n) is 16.6. The van der Waals surface area contributed by atoms with Gasteiger partial charge in [-0.25, -0.2) is 4.79 Å². The molecule has 2 heterocycles. The summed E-state index contributed by atoms with van der Waals surface area (Å²) in [6, 6.07) is -0.269. The van der Waals surface area contributed by atoms with Crippen molar-refractivity contribution >= 4 is 23.0 Å². The number of methoxy groups -OCH3 is 3. The van der Waals surface area contributed by atoms with Gasteiger partial charge in [0, 0.05) is 27.9 Å². The zero-order chi connectivity index (χ0) is 19.5. The van der Waals surface area contributed by atoms with Crippen LogP contribution in [0.3, 0.4) is 0 Å². The van der Waals surface area contributed by atoms with Crippen LogP contribution < -0.4 is 0 Å². The first-order valence-electron chi connectivity index (χ1n) is 8.70. The fourth-order valence-corrected chi connectivity index (χ4v) is 4.31. The van der Waals surface area contributed by atoms with Crippen molar-refractivity contribution in [3.8, 4) is 0 Å². The summed E-state index contributed by atoms with van der Waals surface area (Å²) in [7, 11) is 4.87. The molecular formula is C17H30N2O6S. The maximum Gasteiger partial charge on any atom is 0.416 e. The van der Waals surface area contributed by atoms with Crippen LogP contribution in [0.1, 0.15) is 27.7 Å². The highest BCUT2D eigenvalue weighted by atomic mass is 32.2. The van der Waals surface area contributed by atoms with Gasteiger partial charge < -0.3 is 23.7 Å². The van der Waals surface area contributed by atoms with E-state index in [1.807, 2.05) is 27.7 Å². The van der Waals surface area contributed by atoms with Crippen LogP contribution in [-0.2, 0) is 23.7 Å². The lowest BCUT2D eigenvalue weighted by Gasteiger charge is -2.41. The minimum absolute atomic E-state index is 0.266. The van der Waals surface area contributed by atoms with Crippen LogP contribution in [0.15, 0.2) is 4.99 Å². The summed E-state index contributed by atoms with van der Waals surface area (Å²) in [5.41, 5.74) is -0.838. The summed E-state index contributed by atoms with van der Waals surface area (Å²) in [6.07, 6.45) is -1.28. The zero-order valence-corrected chi connectivity index (χ0v) is 17.4. The topological polar surface area (TPSA) is 78.8 Å². The number of nitrogens with zero attached hydrogens (tertiary/aromatic N) is 2. The number of ether oxygens (including phenoxy) is 5. The number of fused-ring (bicyclic) bond motifs is 1. The lowest BCUT2D eigenvalue weighted by Crippen LogP contribution is -2.57. The van der Waals surface area contributed by atoms with Crippen LogP contribution in [0, 0.1) is 0 Å². The summed E-state index contributed by atoms with van der Waals surface area (Å²) in [5, 5.41) is 0.576. The van der Waals surface area contributed by atoms with Crippen molar-refractivity contribution in [2.75, 3.05) is 34.5 Å². The van der Waals surface area contributed by atoms with E-state index < -0.39 is 11.7 Å². The maximum absolute atomic E-state index is 12.5. The van der Waals surface area contributed by atoms with E-state index in [4.69, 9.17) is 28.7 Å². The Morgan fingerprint density at radius 3 is 2.38 bits per heavy atom. The van der Waals surface area contributed by atoms with Gasteiger partial charge in [-0.1, -0.05) is 11.8 Å². The number of hydrogen-bond acceptors (Lipinski definition) is 8. The molecule has 2 aliphatic rings. The second-order valence-corrected chi connectivity index (χ2v) is 8.21. The van der Waals surface area contributed by atoms with Crippen LogP contribution in [0.25, 0.3) is 0 Å². The molecule has 0 aliphatic carbocycles. The number of hydrogen-bond donors (Lipinski definition) is 0. The van der Waals surface area contributed by atoms with Gasteiger partial charge in [-0.05, 0) is 27.7 Å². The quantitative estimate of drug-likeness (QED) is 0.711. The molecular weight excluding hydrogens is 360 g/mol. The Balaban J connectivity index is 2.20. The predicted octanol–water partition coefficient (Wildman–Crippen LogP) is 2.12. The second-order valence-electron chi connectivity index (χ2n) is 7.14. The Labute approximate surface area is 159 Å². The van der Waals surface area contributed by atoms with Gasteiger partial charge in [0.15, 0.2) is 5.17 Å². The molecule has 0 spiro atoms. The third-order valence-electron chi connectivity index (χ3n) is 4.13. The van der Waals surface area contributed by atoms with Crippen molar-refractivity contribution in [3.05, 3.63) is 0 Å². The van der Waals surface area contributed by atoms with E-state index >= 15 is 0 Å². The van der Waals surface area contributed by atoms with Gasteiger partial charge in [-0.2, -0.15) is 0 Å². The molecule has 0 N–H and O–H groups in total. The molecule has 0 aromatic rings. The molecule has 5 atom stereocenters. The van der Waals surface area contributed by atoms with Gasteiger partial charge in [-0.15, -0.1) is 0 Å². The van der Waals surface area contributed by atoms with E-state index in [0.717, 1.165) is 0 Å². The number of amides is 1. The Morgan fingerprint density at radius 2 is 1.88 bits per heavy atom. The minimum atomic E-state index is -0.572. The SMILES string of the molecule is CCN(C(=O)OC(C)(C)C)C1=N[C@@H]2[C@@H](OC)[C@H](OC)[C@@H](COC)O[C@@H]2S1. The largest absolute Gasteiger partial charge is 0.443 e. The normalized spacial score (nSPS) is 31.3. The highest BCUT2D eigenvalue weighted by Crippen LogP contribution is 2.39. The average Bonchev–Trinajstić information content (AvgIpc) is 2.95. The van der Waals surface area contributed by atoms with Crippen molar-refractivity contribution in [3.63, 3.8) is 0 Å². The van der Waals surface area contributed by atoms with Crippen molar-refractivity contribution < 1.29 is 28.5 Å². The molecule has 2 aliphatic heterocycles. The number of aliphatic imine (C=N–C) groups is 1. The molecule has 2 rings (SSSR count). The molecule has 1 fully saturated rings. The molecule has 0 aromatic carbocycles. The highest BCUT2D eigenvalue weighted by Gasteiger charge is 2.51. The monoisotopic (exact) mass is 390 g/mol. The highest BCUT2D eigenvalue weighted by molar-refractivity contribution is 8.14. The summed E-state index contributed by atoms with van der Waals surface area (Å²) >= 11 is 1.40. The van der Waals surface area contributed by atoms with E-state index in [1.54, 1.807) is 21.3 Å². The first-order valence-corrected chi connectivity index (χ1v) is 9.58. The molecule has 0 saturated carbocycles. The third kappa shape index (κ3) is 4.69. The summed E-state index contributed by atoms with van der Waals surface area (Å²) < 4.78 is 28.1. The standard InChI is InChI=1S/C17H30N2O6S/c1-8-19(16(20)25-17(2,3)4)15-18-11-13(23-7)12(22-6)10(9-21-5)24-14(11)26-15/h10-14H,8-9H2,1-7H3/t10-,11-,12-,13-,14-/m1/s1. The van der Waals surface area contributed by atoms with Crippen LogP contribution in [0.5, 0.6) is 0 Å². The van der Waals surface area contributed by atoms with Crippen molar-refractivity contribution in [2.45, 2.75) is 63.1 Å². The molecule has 26 heavy (non-hydrogen) atoms. The fourth-order valence-electron chi connectivity index (χ4n) is 3.04. The first kappa shape index (κ1) is 21.4. The molecule has 9 heteroatoms. The molecule has 0 unspecified atom stereocenters. The van der Waals surface area contributed by atoms with E-state index in [0.29, 0.717) is 18.3 Å². The molecule has 0 aromatic heterocycles. The maximum atomic E-state index is 12.5. The van der Waals surface area contributed by atoms with Crippen molar-refractivity contribution in [1.29, 1.82) is 0 Å². The van der Waals surface area contributed by atoms with E-state index in [-0.39, 0.29) is 29.8 Å². The van der Waals surface area contributed by atoms with Crippen molar-refractivity contribution in [2.24, 2.45) is 4.99 Å². The summed E-state index contributed by atoms with van der Waals surface area (Å²) in [6.45, 7) is 8.24. The Bertz CT molecular complexity index is 524. The third-order valence-corrected chi connectivity index (χ3v) is 5.29. The Kier molecular flexibility index (Phi) is 7.32. The van der Waals surface area contributed by atoms with E-state index in [9.17, 15) is 4.79 Å². The predicted molar refractivity (Wildman–Crippen MR) is 99.6 cm³/mol. The van der Waals surface area contributed by atoms with Gasteiger partial charge in [-0.3, -0.25) is 9.89 Å². The summed E-state index contributed by atoms with van der Waals surface area (Å²) in [4.78, 5) is 18.8. The van der Waals surface area contributed by atoms with Gasteiger partial charge in [0.2, 0.25) is 0 Å². The Morgan fingerprint density at radius 1 is 1.23 bits per heavy atom. The average molecular weight is 391 g/mol. The number of carbonyl (C=O) groups excluding carboxylic acids is 1. The lowest BCUT2D eigenvalue weighted by atomic mass is 9.98. The lowest BCUT2D eigenvalue weighted by molar-refractivity contribution is -0.185. The van der Waals surface area contributed by atoms with E-state index in [2.05, 4.69) is 0 Å². The van der Waals surface area contributed by atoms with Crippen molar-refractivity contribution in [1.82, 2.24) is 4.90 Å². The first-order chi connectivity index (χ1) is 12.3. The number of rotatable bonds is 5. The van der Waals surface area contributed by atoms with Crippen LogP contribution in [0.4, 0.5) is 4.79 Å². The fraction of sp³-hybridized carbons (Fsp3) is 0.882. The van der Waals surface area contributed by atoms with Crippen LogP contribution >= 0.6 is 11.8 Å².